The molecule has 2 heterocycles. The number of hydrogen-bond acceptors (Lipinski definition) is 5. The second-order valence-corrected chi connectivity index (χ2v) is 8.00. The van der Waals surface area contributed by atoms with Crippen LogP contribution >= 0.6 is 11.6 Å². The Morgan fingerprint density at radius 1 is 1.07 bits per heavy atom. The highest BCUT2D eigenvalue weighted by Gasteiger charge is 2.22. The van der Waals surface area contributed by atoms with E-state index in [1.807, 2.05) is 31.2 Å². The van der Waals surface area contributed by atoms with E-state index in [2.05, 4.69) is 31.2 Å². The van der Waals surface area contributed by atoms with Crippen LogP contribution in [0.15, 0.2) is 30.3 Å². The van der Waals surface area contributed by atoms with Gasteiger partial charge in [-0.15, -0.1) is 0 Å². The average molecular weight is 400 g/mol. The molecular weight excluding hydrogens is 374 g/mol. The molecule has 0 atom stereocenters. The second kappa shape index (κ2) is 8.35. The van der Waals surface area contributed by atoms with Crippen molar-refractivity contribution in [2.45, 2.75) is 38.6 Å². The van der Waals surface area contributed by atoms with Crippen molar-refractivity contribution in [3.8, 4) is 0 Å². The maximum Gasteiger partial charge on any atom is 0.270 e. The van der Waals surface area contributed by atoms with Crippen molar-refractivity contribution < 1.29 is 4.79 Å². The molecule has 0 spiro atoms. The van der Waals surface area contributed by atoms with Crippen LogP contribution in [-0.4, -0.2) is 48.1 Å². The molecule has 1 N–H and O–H groups in total. The first-order valence-corrected chi connectivity index (χ1v) is 10.4. The van der Waals surface area contributed by atoms with E-state index >= 15 is 0 Å². The molecule has 1 saturated carbocycles. The topological polar surface area (TPSA) is 61.4 Å². The van der Waals surface area contributed by atoms with Gasteiger partial charge in [0.05, 0.1) is 0 Å². The Kier molecular flexibility index (Phi) is 5.67. The first kappa shape index (κ1) is 19.0. The molecule has 4 rings (SSSR count). The van der Waals surface area contributed by atoms with Gasteiger partial charge < -0.3 is 15.1 Å². The summed E-state index contributed by atoms with van der Waals surface area (Å²) in [7, 11) is 0. The second-order valence-electron chi connectivity index (χ2n) is 7.57. The zero-order valence-electron chi connectivity index (χ0n) is 16.2. The largest absolute Gasteiger partial charge is 0.368 e. The van der Waals surface area contributed by atoms with Gasteiger partial charge in [0.15, 0.2) is 0 Å². The standard InChI is InChI=1S/C21H26ClN5O/c1-15-23-19(21(28)25-17-6-2-3-7-17)14-20(24-15)27-11-9-26(10-12-27)18-8-4-5-16(22)13-18/h4-5,8,13-14,17H,2-3,6-7,9-12H2,1H3,(H,25,28). The van der Waals surface area contributed by atoms with Gasteiger partial charge in [-0.05, 0) is 38.0 Å². The minimum Gasteiger partial charge on any atom is -0.368 e. The van der Waals surface area contributed by atoms with Crippen molar-refractivity contribution in [3.63, 3.8) is 0 Å². The monoisotopic (exact) mass is 399 g/mol. The Morgan fingerprint density at radius 2 is 1.79 bits per heavy atom. The smallest absolute Gasteiger partial charge is 0.270 e. The van der Waals surface area contributed by atoms with Gasteiger partial charge in [-0.1, -0.05) is 30.5 Å². The Morgan fingerprint density at radius 3 is 2.50 bits per heavy atom. The highest BCUT2D eigenvalue weighted by molar-refractivity contribution is 6.30. The minimum atomic E-state index is -0.0868. The highest BCUT2D eigenvalue weighted by atomic mass is 35.5. The fourth-order valence-electron chi connectivity index (χ4n) is 4.03. The van der Waals surface area contributed by atoms with Crippen LogP contribution in [0.5, 0.6) is 0 Å². The van der Waals surface area contributed by atoms with Crippen molar-refractivity contribution in [1.29, 1.82) is 0 Å². The van der Waals surface area contributed by atoms with E-state index < -0.39 is 0 Å². The fraction of sp³-hybridized carbons (Fsp3) is 0.476. The first-order chi connectivity index (χ1) is 13.6. The number of rotatable bonds is 4. The number of anilines is 2. The maximum absolute atomic E-state index is 12.6. The number of aryl methyl sites for hydroxylation is 1. The van der Waals surface area contributed by atoms with Gasteiger partial charge in [-0.3, -0.25) is 4.79 Å². The third kappa shape index (κ3) is 4.38. The third-order valence-electron chi connectivity index (χ3n) is 5.52. The number of nitrogens with zero attached hydrogens (tertiary/aromatic N) is 4. The SMILES string of the molecule is Cc1nc(C(=O)NC2CCCC2)cc(N2CCN(c3cccc(Cl)c3)CC2)n1. The number of benzene rings is 1. The predicted molar refractivity (Wildman–Crippen MR) is 112 cm³/mol. The molecule has 0 unspecified atom stereocenters. The third-order valence-corrected chi connectivity index (χ3v) is 5.76. The lowest BCUT2D eigenvalue weighted by molar-refractivity contribution is 0.0932. The molecule has 148 valence electrons. The number of piperazine rings is 1. The van der Waals surface area contributed by atoms with Crippen LogP contribution in [-0.2, 0) is 0 Å². The lowest BCUT2D eigenvalue weighted by Gasteiger charge is -2.37. The zero-order chi connectivity index (χ0) is 19.5. The van der Waals surface area contributed by atoms with E-state index in [0.717, 1.165) is 55.5 Å². The number of aromatic nitrogens is 2. The summed E-state index contributed by atoms with van der Waals surface area (Å²) >= 11 is 6.12. The van der Waals surface area contributed by atoms with E-state index in [0.29, 0.717) is 11.5 Å². The number of carbonyl (C=O) groups is 1. The quantitative estimate of drug-likeness (QED) is 0.853. The van der Waals surface area contributed by atoms with Crippen molar-refractivity contribution >= 4 is 29.0 Å². The summed E-state index contributed by atoms with van der Waals surface area (Å²) in [6.07, 6.45) is 4.51. The van der Waals surface area contributed by atoms with Crippen LogP contribution in [0, 0.1) is 6.92 Å². The molecule has 2 fully saturated rings. The van der Waals surface area contributed by atoms with Crippen LogP contribution in [0.1, 0.15) is 42.0 Å². The summed E-state index contributed by atoms with van der Waals surface area (Å²) < 4.78 is 0. The lowest BCUT2D eigenvalue weighted by Crippen LogP contribution is -2.47. The van der Waals surface area contributed by atoms with Crippen molar-refractivity contribution in [3.05, 3.63) is 46.9 Å². The molecule has 1 aromatic carbocycles. The van der Waals surface area contributed by atoms with E-state index in [4.69, 9.17) is 11.6 Å². The molecule has 1 aliphatic carbocycles. The molecule has 1 aromatic heterocycles. The maximum atomic E-state index is 12.6. The van der Waals surface area contributed by atoms with Gasteiger partial charge in [-0.2, -0.15) is 0 Å². The van der Waals surface area contributed by atoms with Crippen LogP contribution in [0.4, 0.5) is 11.5 Å². The molecule has 7 heteroatoms. The summed E-state index contributed by atoms with van der Waals surface area (Å²) in [5.41, 5.74) is 1.61. The number of carbonyl (C=O) groups excluding carboxylic acids is 1. The Bertz CT molecular complexity index is 844. The van der Waals surface area contributed by atoms with Gasteiger partial charge in [0.2, 0.25) is 0 Å². The van der Waals surface area contributed by atoms with E-state index in [1.54, 1.807) is 0 Å². The van der Waals surface area contributed by atoms with Gasteiger partial charge in [0.1, 0.15) is 17.3 Å². The normalized spacial score (nSPS) is 17.8. The number of amides is 1. The number of nitrogens with one attached hydrogen (secondary N) is 1. The highest BCUT2D eigenvalue weighted by Crippen LogP contribution is 2.23. The summed E-state index contributed by atoms with van der Waals surface area (Å²) in [6, 6.07) is 10.1. The summed E-state index contributed by atoms with van der Waals surface area (Å²) in [5.74, 6) is 1.37. The van der Waals surface area contributed by atoms with Gasteiger partial charge in [0, 0.05) is 49.0 Å². The fourth-order valence-corrected chi connectivity index (χ4v) is 4.21. The molecule has 2 aliphatic rings. The van der Waals surface area contributed by atoms with Crippen molar-refractivity contribution in [1.82, 2.24) is 15.3 Å². The molecule has 0 radical (unpaired) electrons. The molecule has 0 bridgehead atoms. The molecule has 1 saturated heterocycles. The van der Waals surface area contributed by atoms with Crippen molar-refractivity contribution in [2.75, 3.05) is 36.0 Å². The summed E-state index contributed by atoms with van der Waals surface area (Å²) in [5, 5.41) is 3.87. The molecule has 28 heavy (non-hydrogen) atoms. The van der Waals surface area contributed by atoms with Crippen LogP contribution in [0.2, 0.25) is 5.02 Å². The lowest BCUT2D eigenvalue weighted by atomic mass is 10.2. The van der Waals surface area contributed by atoms with Crippen molar-refractivity contribution in [2.24, 2.45) is 0 Å². The van der Waals surface area contributed by atoms with Crippen LogP contribution < -0.4 is 15.1 Å². The average Bonchev–Trinajstić information content (AvgIpc) is 3.21. The Labute approximate surface area is 170 Å². The molecule has 6 nitrogen and oxygen atoms in total. The van der Waals surface area contributed by atoms with E-state index in [9.17, 15) is 4.79 Å². The van der Waals surface area contributed by atoms with Gasteiger partial charge in [-0.25, -0.2) is 9.97 Å². The van der Waals surface area contributed by atoms with E-state index in [-0.39, 0.29) is 11.9 Å². The minimum absolute atomic E-state index is 0.0868. The summed E-state index contributed by atoms with van der Waals surface area (Å²) in [6.45, 7) is 5.29. The van der Waals surface area contributed by atoms with Gasteiger partial charge in [0.25, 0.3) is 5.91 Å². The van der Waals surface area contributed by atoms with Gasteiger partial charge >= 0.3 is 0 Å². The van der Waals surface area contributed by atoms with E-state index in [1.165, 1.54) is 12.8 Å². The first-order valence-electron chi connectivity index (χ1n) is 10.0. The van der Waals surface area contributed by atoms with Crippen LogP contribution in [0.3, 0.4) is 0 Å². The number of hydrogen-bond donors (Lipinski definition) is 1. The van der Waals surface area contributed by atoms with Crippen LogP contribution in [0.25, 0.3) is 0 Å². The Hall–Kier alpha value is -2.34. The predicted octanol–water partition coefficient (Wildman–Crippen LogP) is 3.44. The molecule has 1 aliphatic heterocycles. The number of halogens is 1. The molecular formula is C21H26ClN5O. The Balaban J connectivity index is 1.43. The molecule has 2 aromatic rings. The summed E-state index contributed by atoms with van der Waals surface area (Å²) in [4.78, 5) is 26.1. The zero-order valence-corrected chi connectivity index (χ0v) is 17.0. The molecule has 1 amide bonds.